The third-order valence-electron chi connectivity index (χ3n) is 5.90. The molecule has 3 aliphatic rings. The summed E-state index contributed by atoms with van der Waals surface area (Å²) in [7, 11) is 0. The molecule has 3 heterocycles. The molecule has 2 aromatic rings. The molecule has 2 aliphatic heterocycles. The second kappa shape index (κ2) is 5.89. The van der Waals surface area contributed by atoms with Gasteiger partial charge in [-0.3, -0.25) is 4.90 Å². The Bertz CT molecular complexity index is 723. The van der Waals surface area contributed by atoms with Crippen LogP contribution in [0.4, 0.5) is 5.82 Å². The van der Waals surface area contributed by atoms with E-state index in [4.69, 9.17) is 4.98 Å². The van der Waals surface area contributed by atoms with Crippen molar-refractivity contribution in [3.63, 3.8) is 0 Å². The van der Waals surface area contributed by atoms with Crippen LogP contribution in [0.3, 0.4) is 0 Å². The largest absolute Gasteiger partial charge is 0.351 e. The molecule has 0 bridgehead atoms. The molecule has 1 aliphatic carbocycles. The van der Waals surface area contributed by atoms with Crippen LogP contribution in [0.5, 0.6) is 0 Å². The van der Waals surface area contributed by atoms with E-state index in [2.05, 4.69) is 46.2 Å². The lowest BCUT2D eigenvalue weighted by Gasteiger charge is -2.45. The molecule has 0 amide bonds. The van der Waals surface area contributed by atoms with E-state index in [1.54, 1.807) is 11.1 Å². The topological polar surface area (TPSA) is 19.4 Å². The summed E-state index contributed by atoms with van der Waals surface area (Å²) in [6.45, 7) is 4.50. The van der Waals surface area contributed by atoms with Crippen LogP contribution in [-0.4, -0.2) is 35.6 Å². The van der Waals surface area contributed by atoms with Crippen molar-refractivity contribution in [2.45, 2.75) is 44.2 Å². The maximum Gasteiger partial charge on any atom is 0.132 e. The van der Waals surface area contributed by atoms with Crippen molar-refractivity contribution >= 4 is 5.82 Å². The number of hydrogen-bond acceptors (Lipinski definition) is 3. The third-order valence-corrected chi connectivity index (χ3v) is 5.90. The van der Waals surface area contributed by atoms with Gasteiger partial charge in [0.2, 0.25) is 0 Å². The van der Waals surface area contributed by atoms with Gasteiger partial charge >= 0.3 is 0 Å². The molecule has 1 atom stereocenters. The first-order valence-corrected chi connectivity index (χ1v) is 9.39. The molecule has 1 unspecified atom stereocenters. The molecule has 3 nitrogen and oxygen atoms in total. The molecule has 0 spiro atoms. The van der Waals surface area contributed by atoms with Crippen LogP contribution >= 0.6 is 0 Å². The van der Waals surface area contributed by atoms with Crippen molar-refractivity contribution in [3.05, 3.63) is 59.3 Å². The molecule has 0 radical (unpaired) electrons. The molecule has 24 heavy (non-hydrogen) atoms. The summed E-state index contributed by atoms with van der Waals surface area (Å²) >= 11 is 0. The van der Waals surface area contributed by atoms with Crippen molar-refractivity contribution in [1.82, 2.24) is 9.88 Å². The minimum Gasteiger partial charge on any atom is -0.351 e. The number of piperazine rings is 1. The van der Waals surface area contributed by atoms with Gasteiger partial charge in [-0.05, 0) is 54.4 Å². The number of benzene rings is 1. The lowest BCUT2D eigenvalue weighted by atomic mass is 9.91. The van der Waals surface area contributed by atoms with E-state index in [9.17, 15) is 0 Å². The van der Waals surface area contributed by atoms with Gasteiger partial charge in [0, 0.05) is 38.4 Å². The number of fused-ring (bicyclic) bond motifs is 3. The first-order valence-electron chi connectivity index (χ1n) is 9.39. The molecule has 1 aromatic heterocycles. The Labute approximate surface area is 144 Å². The highest BCUT2D eigenvalue weighted by Crippen LogP contribution is 2.45. The Hall–Kier alpha value is -1.87. The van der Waals surface area contributed by atoms with Crippen LogP contribution in [0.15, 0.2) is 42.6 Å². The number of pyridine rings is 1. The van der Waals surface area contributed by atoms with Gasteiger partial charge in [-0.15, -0.1) is 0 Å². The second-order valence-electron chi connectivity index (χ2n) is 7.58. The number of rotatable bonds is 3. The van der Waals surface area contributed by atoms with Crippen molar-refractivity contribution in [2.24, 2.45) is 0 Å². The zero-order valence-corrected chi connectivity index (χ0v) is 14.2. The highest BCUT2D eigenvalue weighted by molar-refractivity contribution is 5.55. The fourth-order valence-electron chi connectivity index (χ4n) is 4.52. The monoisotopic (exact) mass is 319 g/mol. The molecular formula is C21H25N3. The van der Waals surface area contributed by atoms with Gasteiger partial charge in [0.1, 0.15) is 5.82 Å². The molecule has 5 rings (SSSR count). The summed E-state index contributed by atoms with van der Waals surface area (Å²) in [5, 5.41) is 0. The van der Waals surface area contributed by atoms with Gasteiger partial charge in [0.25, 0.3) is 0 Å². The van der Waals surface area contributed by atoms with Gasteiger partial charge in [-0.1, -0.05) is 30.3 Å². The van der Waals surface area contributed by atoms with Crippen molar-refractivity contribution in [1.29, 1.82) is 0 Å². The van der Waals surface area contributed by atoms with Crippen molar-refractivity contribution in [2.75, 3.05) is 24.5 Å². The summed E-state index contributed by atoms with van der Waals surface area (Å²) in [6.07, 6.45) is 7.31. The quantitative estimate of drug-likeness (QED) is 0.862. The summed E-state index contributed by atoms with van der Waals surface area (Å²) in [5.41, 5.74) is 4.59. The molecular weight excluding hydrogens is 294 g/mol. The second-order valence-corrected chi connectivity index (χ2v) is 7.58. The predicted octanol–water partition coefficient (Wildman–Crippen LogP) is 3.60. The molecule has 1 saturated carbocycles. The van der Waals surface area contributed by atoms with E-state index in [1.807, 2.05) is 6.20 Å². The fraction of sp³-hybridized carbons (Fsp3) is 0.476. The summed E-state index contributed by atoms with van der Waals surface area (Å²) in [5.74, 6) is 2.13. The Balaban J connectivity index is 1.34. The van der Waals surface area contributed by atoms with Gasteiger partial charge in [0.05, 0.1) is 0 Å². The minimum atomic E-state index is 0.636. The normalized spacial score (nSPS) is 23.7. The highest BCUT2D eigenvalue weighted by Gasteiger charge is 2.35. The van der Waals surface area contributed by atoms with E-state index in [0.29, 0.717) is 6.04 Å². The number of anilines is 1. The van der Waals surface area contributed by atoms with Crippen LogP contribution in [-0.2, 0) is 13.0 Å². The average molecular weight is 319 g/mol. The number of aromatic nitrogens is 1. The standard InChI is InChI=1S/C21H25N3/c1-2-4-16(5-3-1)14-23-12-13-24-18(15-23)8-9-20-19(17-6-7-17)10-11-22-21(20)24/h1-5,10-11,17-18H,6-9,12-15H2. The zero-order valence-electron chi connectivity index (χ0n) is 14.2. The lowest BCUT2D eigenvalue weighted by molar-refractivity contribution is 0.206. The van der Waals surface area contributed by atoms with Gasteiger partial charge in [-0.2, -0.15) is 0 Å². The summed E-state index contributed by atoms with van der Waals surface area (Å²) in [4.78, 5) is 10.0. The first kappa shape index (κ1) is 14.5. The van der Waals surface area contributed by atoms with E-state index in [1.165, 1.54) is 43.6 Å². The predicted molar refractivity (Wildman–Crippen MR) is 97.4 cm³/mol. The lowest BCUT2D eigenvalue weighted by Crippen LogP contribution is -2.55. The molecule has 2 fully saturated rings. The van der Waals surface area contributed by atoms with Gasteiger partial charge in [-0.25, -0.2) is 4.98 Å². The summed E-state index contributed by atoms with van der Waals surface area (Å²) in [6, 6.07) is 13.8. The maximum atomic E-state index is 4.79. The van der Waals surface area contributed by atoms with E-state index in [-0.39, 0.29) is 0 Å². The molecule has 124 valence electrons. The van der Waals surface area contributed by atoms with Crippen LogP contribution in [0.25, 0.3) is 0 Å². The van der Waals surface area contributed by atoms with Gasteiger partial charge in [0.15, 0.2) is 0 Å². The molecule has 1 aromatic carbocycles. The van der Waals surface area contributed by atoms with E-state index < -0.39 is 0 Å². The van der Waals surface area contributed by atoms with Crippen LogP contribution in [0.1, 0.15) is 41.9 Å². The molecule has 1 saturated heterocycles. The SMILES string of the molecule is c1ccc(CN2CCN3c4nccc(C5CC5)c4CCC3C2)cc1. The first-order chi connectivity index (χ1) is 11.9. The Morgan fingerprint density at radius 3 is 2.71 bits per heavy atom. The Kier molecular flexibility index (Phi) is 3.55. The van der Waals surface area contributed by atoms with Crippen LogP contribution in [0, 0.1) is 0 Å². The molecule has 0 N–H and O–H groups in total. The Morgan fingerprint density at radius 2 is 1.88 bits per heavy atom. The number of nitrogens with zero attached hydrogens (tertiary/aromatic N) is 3. The van der Waals surface area contributed by atoms with E-state index >= 15 is 0 Å². The third kappa shape index (κ3) is 2.61. The maximum absolute atomic E-state index is 4.79. The minimum absolute atomic E-state index is 0.636. The fourth-order valence-corrected chi connectivity index (χ4v) is 4.52. The van der Waals surface area contributed by atoms with Crippen molar-refractivity contribution in [3.8, 4) is 0 Å². The number of hydrogen-bond donors (Lipinski definition) is 0. The van der Waals surface area contributed by atoms with Crippen LogP contribution in [0.2, 0.25) is 0 Å². The highest BCUT2D eigenvalue weighted by atomic mass is 15.3. The molecule has 3 heteroatoms. The Morgan fingerprint density at radius 1 is 1.00 bits per heavy atom. The average Bonchev–Trinajstić information content (AvgIpc) is 3.47. The zero-order chi connectivity index (χ0) is 15.9. The van der Waals surface area contributed by atoms with Crippen LogP contribution < -0.4 is 4.90 Å². The summed E-state index contributed by atoms with van der Waals surface area (Å²) < 4.78 is 0. The van der Waals surface area contributed by atoms with Gasteiger partial charge < -0.3 is 4.90 Å². The van der Waals surface area contributed by atoms with E-state index in [0.717, 1.165) is 25.6 Å². The smallest absolute Gasteiger partial charge is 0.132 e. The van der Waals surface area contributed by atoms with Crippen molar-refractivity contribution < 1.29 is 0 Å².